The summed E-state index contributed by atoms with van der Waals surface area (Å²) < 4.78 is 17.0. The lowest BCUT2D eigenvalue weighted by Gasteiger charge is -2.57. The second-order valence-electron chi connectivity index (χ2n) is 11.4. The second-order valence-corrected chi connectivity index (χ2v) is 11.4. The summed E-state index contributed by atoms with van der Waals surface area (Å²) in [5.41, 5.74) is 4.57. The monoisotopic (exact) mass is 459 g/mol. The summed E-state index contributed by atoms with van der Waals surface area (Å²) >= 11 is 0. The molecule has 1 saturated heterocycles. The van der Waals surface area contributed by atoms with Crippen LogP contribution in [0.4, 0.5) is 0 Å². The number of amides is 1. The van der Waals surface area contributed by atoms with Crippen molar-refractivity contribution in [3.8, 4) is 0 Å². The van der Waals surface area contributed by atoms with Gasteiger partial charge in [0, 0.05) is 18.8 Å². The normalized spacial score (nSPS) is 47.6. The Bertz CT molecular complexity index is 930. The van der Waals surface area contributed by atoms with E-state index in [1.54, 1.807) is 6.92 Å². The minimum Gasteiger partial charge on any atom is -0.463 e. The Morgan fingerprint density at radius 2 is 1.85 bits per heavy atom. The first-order valence-electron chi connectivity index (χ1n) is 12.6. The van der Waals surface area contributed by atoms with Crippen molar-refractivity contribution in [2.45, 2.75) is 96.4 Å². The van der Waals surface area contributed by atoms with E-state index in [4.69, 9.17) is 19.9 Å². The summed E-state index contributed by atoms with van der Waals surface area (Å²) in [4.78, 5) is 36.9. The molecule has 33 heavy (non-hydrogen) atoms. The highest BCUT2D eigenvalue weighted by Crippen LogP contribution is 2.75. The summed E-state index contributed by atoms with van der Waals surface area (Å²) in [6.45, 7) is 8.02. The second kappa shape index (κ2) is 7.30. The van der Waals surface area contributed by atoms with Crippen molar-refractivity contribution in [2.24, 2.45) is 34.3 Å². The van der Waals surface area contributed by atoms with Gasteiger partial charge in [-0.15, -0.1) is 0 Å². The van der Waals surface area contributed by atoms with E-state index in [9.17, 15) is 14.4 Å². The van der Waals surface area contributed by atoms with Crippen LogP contribution in [0.15, 0.2) is 11.6 Å². The highest BCUT2D eigenvalue weighted by atomic mass is 16.7. The molecule has 3 saturated carbocycles. The zero-order chi connectivity index (χ0) is 23.8. The average Bonchev–Trinajstić information content (AvgIpc) is 3.36. The number of epoxide rings is 1. The molecule has 1 amide bonds. The Balaban J connectivity index is 1.43. The number of hydrogen-bond donors (Lipinski definition) is 1. The van der Waals surface area contributed by atoms with Crippen molar-refractivity contribution in [1.29, 1.82) is 0 Å². The van der Waals surface area contributed by atoms with Gasteiger partial charge in [-0.2, -0.15) is 0 Å². The molecule has 0 unspecified atom stereocenters. The van der Waals surface area contributed by atoms with Crippen molar-refractivity contribution in [2.75, 3.05) is 6.61 Å². The lowest BCUT2D eigenvalue weighted by Crippen LogP contribution is -2.56. The highest BCUT2D eigenvalue weighted by Gasteiger charge is 2.88. The lowest BCUT2D eigenvalue weighted by atomic mass is 9.47. The topological polar surface area (TPSA) is 108 Å². The van der Waals surface area contributed by atoms with E-state index in [2.05, 4.69) is 19.9 Å². The van der Waals surface area contributed by atoms with E-state index in [0.717, 1.165) is 44.9 Å². The standard InChI is InChI=1S/C26H37NO6/c1-5-31-22(30)26(21(27)29)25(33-26)13-10-20-18-7-6-16-14-17(32-15(2)28)8-11-23(16,3)19(18)9-12-24(20,25)4/h6,17-20H,5,7-14H2,1-4H3,(H2,27,29)/t17-,18-,19+,20+,23+,24+,25-,26+/m1/s1. The van der Waals surface area contributed by atoms with Crippen LogP contribution in [-0.4, -0.2) is 41.8 Å². The Kier molecular flexibility index (Phi) is 5.06. The van der Waals surface area contributed by atoms with Crippen molar-refractivity contribution in [1.82, 2.24) is 0 Å². The molecule has 0 radical (unpaired) electrons. The van der Waals surface area contributed by atoms with Gasteiger partial charge in [0.2, 0.25) is 0 Å². The maximum Gasteiger partial charge on any atom is 0.351 e. The van der Waals surface area contributed by atoms with Gasteiger partial charge in [-0.25, -0.2) is 4.79 Å². The third kappa shape index (κ3) is 2.80. The zero-order valence-electron chi connectivity index (χ0n) is 20.3. The van der Waals surface area contributed by atoms with Gasteiger partial charge in [0.1, 0.15) is 11.7 Å². The number of carbonyl (C=O) groups is 3. The molecule has 7 heteroatoms. The van der Waals surface area contributed by atoms with Crippen LogP contribution in [-0.2, 0) is 28.6 Å². The average molecular weight is 460 g/mol. The minimum atomic E-state index is -1.64. The first-order valence-corrected chi connectivity index (χ1v) is 12.6. The molecule has 1 heterocycles. The van der Waals surface area contributed by atoms with Gasteiger partial charge in [-0.1, -0.05) is 25.5 Å². The van der Waals surface area contributed by atoms with Crippen LogP contribution in [0.5, 0.6) is 0 Å². The predicted octanol–water partition coefficient (Wildman–Crippen LogP) is 3.44. The number of primary amides is 1. The molecule has 2 N–H and O–H groups in total. The van der Waals surface area contributed by atoms with Crippen LogP contribution in [0.2, 0.25) is 0 Å². The van der Waals surface area contributed by atoms with Gasteiger partial charge in [0.05, 0.1) is 6.61 Å². The van der Waals surface area contributed by atoms with E-state index in [1.807, 2.05) is 0 Å². The third-order valence-corrected chi connectivity index (χ3v) is 10.3. The highest BCUT2D eigenvalue weighted by molar-refractivity contribution is 6.10. The fourth-order valence-corrected chi connectivity index (χ4v) is 8.73. The predicted molar refractivity (Wildman–Crippen MR) is 120 cm³/mol. The Labute approximate surface area is 195 Å². The van der Waals surface area contributed by atoms with Gasteiger partial charge in [0.15, 0.2) is 0 Å². The first kappa shape index (κ1) is 22.9. The van der Waals surface area contributed by atoms with E-state index in [1.165, 1.54) is 12.5 Å². The molecule has 1 aliphatic heterocycles. The van der Waals surface area contributed by atoms with E-state index in [-0.39, 0.29) is 29.5 Å². The molecular formula is C26H37NO6. The summed E-state index contributed by atoms with van der Waals surface area (Å²) in [7, 11) is 0. The Morgan fingerprint density at radius 1 is 1.12 bits per heavy atom. The largest absolute Gasteiger partial charge is 0.463 e. The van der Waals surface area contributed by atoms with Gasteiger partial charge in [-0.05, 0) is 75.0 Å². The number of fused-ring (bicyclic) bond motifs is 6. The molecule has 0 bridgehead atoms. The Morgan fingerprint density at radius 3 is 2.52 bits per heavy atom. The number of esters is 2. The molecule has 4 aliphatic carbocycles. The molecule has 8 atom stereocenters. The van der Waals surface area contributed by atoms with Crippen molar-refractivity contribution < 1.29 is 28.6 Å². The van der Waals surface area contributed by atoms with Gasteiger partial charge in [-0.3, -0.25) is 9.59 Å². The number of rotatable bonds is 4. The van der Waals surface area contributed by atoms with Crippen LogP contribution < -0.4 is 5.73 Å². The molecular weight excluding hydrogens is 422 g/mol. The number of ether oxygens (including phenoxy) is 3. The molecule has 5 rings (SSSR count). The summed E-state index contributed by atoms with van der Waals surface area (Å²) in [5, 5.41) is 0. The first-order chi connectivity index (χ1) is 15.6. The summed E-state index contributed by atoms with van der Waals surface area (Å²) in [6, 6.07) is 0. The molecule has 0 aromatic carbocycles. The quantitative estimate of drug-likeness (QED) is 0.299. The molecule has 1 spiro atoms. The molecule has 4 fully saturated rings. The van der Waals surface area contributed by atoms with Gasteiger partial charge >= 0.3 is 11.9 Å². The van der Waals surface area contributed by atoms with Crippen molar-refractivity contribution in [3.05, 3.63) is 11.6 Å². The van der Waals surface area contributed by atoms with E-state index < -0.39 is 23.1 Å². The van der Waals surface area contributed by atoms with Crippen LogP contribution in [0.3, 0.4) is 0 Å². The summed E-state index contributed by atoms with van der Waals surface area (Å²) in [5.74, 6) is -0.138. The Hall–Kier alpha value is -1.89. The van der Waals surface area contributed by atoms with Crippen LogP contribution in [0.1, 0.15) is 79.1 Å². The maximum absolute atomic E-state index is 12.9. The van der Waals surface area contributed by atoms with Gasteiger partial charge in [0.25, 0.3) is 11.5 Å². The molecule has 7 nitrogen and oxygen atoms in total. The van der Waals surface area contributed by atoms with Crippen molar-refractivity contribution >= 4 is 17.8 Å². The number of hydrogen-bond acceptors (Lipinski definition) is 6. The zero-order valence-corrected chi connectivity index (χ0v) is 20.3. The molecule has 182 valence electrons. The molecule has 0 aromatic rings. The van der Waals surface area contributed by atoms with E-state index in [0.29, 0.717) is 24.2 Å². The minimum absolute atomic E-state index is 0.0115. The molecule has 0 aromatic heterocycles. The third-order valence-electron chi connectivity index (χ3n) is 10.3. The summed E-state index contributed by atoms with van der Waals surface area (Å²) in [6.07, 6.45) is 9.68. The van der Waals surface area contributed by atoms with Crippen LogP contribution >= 0.6 is 0 Å². The fraction of sp³-hybridized carbons (Fsp3) is 0.808. The van der Waals surface area contributed by atoms with Crippen LogP contribution in [0, 0.1) is 28.6 Å². The smallest absolute Gasteiger partial charge is 0.351 e. The molecule has 5 aliphatic rings. The fourth-order valence-electron chi connectivity index (χ4n) is 8.73. The lowest BCUT2D eigenvalue weighted by molar-refractivity contribution is -0.153. The SMILES string of the molecule is CCOC(=O)[C@]1(C(N)=O)O[C@@]12CC[C@H]1[C@@H]3CC=C4C[C@H](OC(C)=O)CC[C@]4(C)[C@H]3CC[C@@]12C. The number of nitrogens with two attached hydrogens (primary N) is 1. The number of carbonyl (C=O) groups excluding carboxylic acids is 3. The van der Waals surface area contributed by atoms with Crippen molar-refractivity contribution in [3.63, 3.8) is 0 Å². The van der Waals surface area contributed by atoms with Crippen LogP contribution in [0.25, 0.3) is 0 Å². The van der Waals surface area contributed by atoms with Gasteiger partial charge < -0.3 is 19.9 Å². The maximum atomic E-state index is 12.9. The van der Waals surface area contributed by atoms with E-state index >= 15 is 0 Å². The number of allylic oxidation sites excluding steroid dienone is 1.